The van der Waals surface area contributed by atoms with Crippen molar-refractivity contribution in [1.82, 2.24) is 0 Å². The summed E-state index contributed by atoms with van der Waals surface area (Å²) < 4.78 is 13.9. The number of nitriles is 1. The van der Waals surface area contributed by atoms with E-state index in [0.29, 0.717) is 29.3 Å². The average Bonchev–Trinajstić information content (AvgIpc) is 2.59. The van der Waals surface area contributed by atoms with E-state index in [2.05, 4.69) is 22.0 Å². The van der Waals surface area contributed by atoms with Gasteiger partial charge in [0.2, 0.25) is 0 Å². The normalized spacial score (nSPS) is 23.7. The first-order valence-corrected chi connectivity index (χ1v) is 6.24. The molecular weight excluding hydrogens is 285 g/mol. The molecule has 1 aliphatic rings. The summed E-state index contributed by atoms with van der Waals surface area (Å²) in [6.45, 7) is 0. The Morgan fingerprint density at radius 1 is 1.47 bits per heavy atom. The van der Waals surface area contributed by atoms with E-state index in [0.717, 1.165) is 6.42 Å². The first-order valence-electron chi connectivity index (χ1n) is 5.45. The topological polar surface area (TPSA) is 40.9 Å². The summed E-state index contributed by atoms with van der Waals surface area (Å²) in [6.07, 6.45) is 2.10. The van der Waals surface area contributed by atoms with Crippen molar-refractivity contribution < 1.29 is 9.18 Å². The van der Waals surface area contributed by atoms with E-state index in [1.807, 2.05) is 0 Å². The molecule has 2 rings (SSSR count). The number of rotatable bonds is 2. The summed E-state index contributed by atoms with van der Waals surface area (Å²) in [5.74, 6) is -0.367. The monoisotopic (exact) mass is 295 g/mol. The minimum Gasteiger partial charge on any atom is -0.298 e. The highest BCUT2D eigenvalue weighted by Crippen LogP contribution is 2.37. The second kappa shape index (κ2) is 4.58. The van der Waals surface area contributed by atoms with Gasteiger partial charge >= 0.3 is 0 Å². The van der Waals surface area contributed by atoms with Crippen LogP contribution in [0.25, 0.3) is 0 Å². The van der Waals surface area contributed by atoms with Crippen LogP contribution in [0.15, 0.2) is 22.7 Å². The molecule has 0 saturated heterocycles. The van der Waals surface area contributed by atoms with Crippen LogP contribution in [0.1, 0.15) is 24.8 Å². The molecule has 0 aliphatic heterocycles. The highest BCUT2D eigenvalue weighted by atomic mass is 79.9. The molecule has 4 heteroatoms. The molecule has 1 aliphatic carbocycles. The maximum Gasteiger partial charge on any atom is 0.153 e. The fourth-order valence-corrected chi connectivity index (χ4v) is 2.85. The van der Waals surface area contributed by atoms with Crippen molar-refractivity contribution in [3.63, 3.8) is 0 Å². The van der Waals surface area contributed by atoms with Gasteiger partial charge in [0.15, 0.2) is 5.78 Å². The second-order valence-corrected chi connectivity index (χ2v) is 5.34. The van der Waals surface area contributed by atoms with Crippen LogP contribution >= 0.6 is 15.9 Å². The van der Waals surface area contributed by atoms with E-state index in [1.165, 1.54) is 12.1 Å². The van der Waals surface area contributed by atoms with Gasteiger partial charge in [-0.05, 0) is 43.0 Å². The van der Waals surface area contributed by atoms with E-state index < -0.39 is 5.41 Å². The molecule has 1 aromatic carbocycles. The number of carbonyl (C=O) groups is 1. The molecule has 1 atom stereocenters. The summed E-state index contributed by atoms with van der Waals surface area (Å²) in [6, 6.07) is 6.63. The molecule has 1 aromatic rings. The molecule has 1 unspecified atom stereocenters. The van der Waals surface area contributed by atoms with Crippen LogP contribution in [-0.4, -0.2) is 5.78 Å². The van der Waals surface area contributed by atoms with E-state index in [1.54, 1.807) is 6.07 Å². The Morgan fingerprint density at radius 2 is 2.24 bits per heavy atom. The zero-order chi connectivity index (χ0) is 12.5. The number of benzene rings is 1. The Kier molecular flexibility index (Phi) is 3.30. The van der Waals surface area contributed by atoms with Crippen LogP contribution in [0, 0.1) is 22.6 Å². The van der Waals surface area contributed by atoms with Crippen molar-refractivity contribution in [2.24, 2.45) is 5.41 Å². The molecule has 2 nitrogen and oxygen atoms in total. The smallest absolute Gasteiger partial charge is 0.153 e. The lowest BCUT2D eigenvalue weighted by Gasteiger charge is -2.18. The van der Waals surface area contributed by atoms with Gasteiger partial charge in [0, 0.05) is 10.9 Å². The Hall–Kier alpha value is -1.21. The van der Waals surface area contributed by atoms with Gasteiger partial charge in [-0.2, -0.15) is 5.26 Å². The highest BCUT2D eigenvalue weighted by Gasteiger charge is 2.42. The van der Waals surface area contributed by atoms with Crippen molar-refractivity contribution in [2.45, 2.75) is 25.7 Å². The predicted molar refractivity (Wildman–Crippen MR) is 64.7 cm³/mol. The molecule has 1 fully saturated rings. The summed E-state index contributed by atoms with van der Waals surface area (Å²) in [7, 11) is 0. The van der Waals surface area contributed by atoms with Gasteiger partial charge < -0.3 is 0 Å². The molecule has 0 spiro atoms. The Bertz CT molecular complexity index is 488. The van der Waals surface area contributed by atoms with Gasteiger partial charge in [-0.1, -0.05) is 15.9 Å². The number of hydrogen-bond acceptors (Lipinski definition) is 2. The summed E-state index contributed by atoms with van der Waals surface area (Å²) in [4.78, 5) is 11.8. The molecule has 0 heterocycles. The van der Waals surface area contributed by atoms with E-state index in [9.17, 15) is 14.4 Å². The number of Topliss-reactive ketones (excluding diaryl/α,β-unsaturated/α-hetero) is 1. The number of hydrogen-bond donors (Lipinski definition) is 0. The first-order chi connectivity index (χ1) is 8.05. The van der Waals surface area contributed by atoms with E-state index in [-0.39, 0.29) is 11.6 Å². The Labute approximate surface area is 108 Å². The second-order valence-electron chi connectivity index (χ2n) is 4.43. The maximum absolute atomic E-state index is 13.2. The molecular formula is C13H11BrFNO. The molecule has 0 amide bonds. The first kappa shape index (κ1) is 12.3. The lowest BCUT2D eigenvalue weighted by Crippen LogP contribution is -2.26. The van der Waals surface area contributed by atoms with Crippen LogP contribution in [0.4, 0.5) is 4.39 Å². The maximum atomic E-state index is 13.2. The fourth-order valence-electron chi connectivity index (χ4n) is 2.34. The zero-order valence-electron chi connectivity index (χ0n) is 9.17. The Balaban J connectivity index is 2.31. The van der Waals surface area contributed by atoms with Gasteiger partial charge in [0.25, 0.3) is 0 Å². The largest absolute Gasteiger partial charge is 0.298 e. The highest BCUT2D eigenvalue weighted by molar-refractivity contribution is 9.10. The summed E-state index contributed by atoms with van der Waals surface area (Å²) >= 11 is 3.21. The summed E-state index contributed by atoms with van der Waals surface area (Å²) in [5.41, 5.74) is -0.249. The fraction of sp³-hybridized carbons (Fsp3) is 0.385. The molecule has 17 heavy (non-hydrogen) atoms. The molecule has 0 aromatic heterocycles. The van der Waals surface area contributed by atoms with Gasteiger partial charge in [0.1, 0.15) is 11.2 Å². The van der Waals surface area contributed by atoms with Gasteiger partial charge in [-0.25, -0.2) is 4.39 Å². The predicted octanol–water partition coefficient (Wildman–Crippen LogP) is 3.39. The number of ketones is 1. The van der Waals surface area contributed by atoms with Gasteiger partial charge in [-0.15, -0.1) is 0 Å². The third-order valence-electron chi connectivity index (χ3n) is 3.18. The van der Waals surface area contributed by atoms with Crippen molar-refractivity contribution in [1.29, 1.82) is 5.26 Å². The third kappa shape index (κ3) is 2.39. The molecule has 0 bridgehead atoms. The van der Waals surface area contributed by atoms with Crippen LogP contribution in [0.2, 0.25) is 0 Å². The standard InChI is InChI=1S/C13H11BrFNO/c14-10-4-9(5-11(15)6-10)7-13(8-16)3-1-2-12(13)17/h4-6H,1-3,7H2. The number of halogens is 2. The van der Waals surface area contributed by atoms with Gasteiger partial charge in [0.05, 0.1) is 6.07 Å². The van der Waals surface area contributed by atoms with Crippen molar-refractivity contribution in [2.75, 3.05) is 0 Å². The van der Waals surface area contributed by atoms with Crippen LogP contribution in [0.5, 0.6) is 0 Å². The van der Waals surface area contributed by atoms with E-state index >= 15 is 0 Å². The van der Waals surface area contributed by atoms with E-state index in [4.69, 9.17) is 0 Å². The van der Waals surface area contributed by atoms with Crippen molar-refractivity contribution in [3.05, 3.63) is 34.1 Å². The van der Waals surface area contributed by atoms with Crippen LogP contribution in [-0.2, 0) is 11.2 Å². The Morgan fingerprint density at radius 3 is 2.76 bits per heavy atom. The van der Waals surface area contributed by atoms with Crippen LogP contribution < -0.4 is 0 Å². The molecule has 0 N–H and O–H groups in total. The van der Waals surface area contributed by atoms with Crippen LogP contribution in [0.3, 0.4) is 0 Å². The van der Waals surface area contributed by atoms with Gasteiger partial charge in [-0.3, -0.25) is 4.79 Å². The molecule has 0 radical (unpaired) electrons. The molecule has 88 valence electrons. The lowest BCUT2D eigenvalue weighted by molar-refractivity contribution is -0.123. The zero-order valence-corrected chi connectivity index (χ0v) is 10.8. The quantitative estimate of drug-likeness (QED) is 0.839. The minimum absolute atomic E-state index is 0.0135. The van der Waals surface area contributed by atoms with Crippen molar-refractivity contribution in [3.8, 4) is 6.07 Å². The lowest BCUT2D eigenvalue weighted by atomic mass is 9.81. The number of carbonyl (C=O) groups excluding carboxylic acids is 1. The third-order valence-corrected chi connectivity index (χ3v) is 3.64. The number of nitrogens with zero attached hydrogens (tertiary/aromatic N) is 1. The minimum atomic E-state index is -0.937. The summed E-state index contributed by atoms with van der Waals surface area (Å²) in [5, 5.41) is 9.21. The average molecular weight is 296 g/mol. The molecule has 1 saturated carbocycles. The SMILES string of the molecule is N#CC1(Cc2cc(F)cc(Br)c2)CCCC1=O. The van der Waals surface area contributed by atoms with Crippen molar-refractivity contribution >= 4 is 21.7 Å².